The molecular weight excluding hydrogens is 458 g/mol. The number of hydrogen-bond donors (Lipinski definition) is 0. The van der Waals surface area contributed by atoms with Crippen LogP contribution >= 0.6 is 0 Å². The Morgan fingerprint density at radius 1 is 0.912 bits per heavy atom. The predicted molar refractivity (Wildman–Crippen MR) is 125 cm³/mol. The number of ether oxygens (including phenoxy) is 1. The lowest BCUT2D eigenvalue weighted by atomic mass is 10.3. The molecule has 34 heavy (non-hydrogen) atoms. The van der Waals surface area contributed by atoms with Crippen molar-refractivity contribution in [1.82, 2.24) is 9.80 Å². The number of furan rings is 1. The molecule has 1 fully saturated rings. The summed E-state index contributed by atoms with van der Waals surface area (Å²) in [5.41, 5.74) is 0.472. The van der Waals surface area contributed by atoms with Crippen LogP contribution in [0.5, 0.6) is 5.75 Å². The van der Waals surface area contributed by atoms with Crippen molar-refractivity contribution in [2.45, 2.75) is 4.90 Å². The first-order chi connectivity index (χ1) is 16.4. The van der Waals surface area contributed by atoms with Crippen LogP contribution in [0.2, 0.25) is 0 Å². The van der Waals surface area contributed by atoms with Gasteiger partial charge in [0.25, 0.3) is 21.8 Å². The Morgan fingerprint density at radius 3 is 2.18 bits per heavy atom. The van der Waals surface area contributed by atoms with Gasteiger partial charge in [0, 0.05) is 33.2 Å². The van der Waals surface area contributed by atoms with E-state index in [0.29, 0.717) is 37.6 Å². The molecule has 0 atom stereocenters. The number of benzene rings is 2. The van der Waals surface area contributed by atoms with E-state index < -0.39 is 10.0 Å². The fraction of sp³-hybridized carbons (Fsp3) is 0.250. The van der Waals surface area contributed by atoms with Crippen LogP contribution in [0.1, 0.15) is 10.6 Å². The summed E-state index contributed by atoms with van der Waals surface area (Å²) in [5.74, 6) is 0.369. The molecule has 0 bridgehead atoms. The zero-order chi connectivity index (χ0) is 24.1. The van der Waals surface area contributed by atoms with E-state index in [2.05, 4.69) is 0 Å². The maximum absolute atomic E-state index is 12.8. The van der Waals surface area contributed by atoms with Crippen LogP contribution in [0, 0.1) is 0 Å². The molecule has 3 aromatic rings. The molecule has 2 amide bonds. The van der Waals surface area contributed by atoms with E-state index in [1.165, 1.54) is 17.6 Å². The van der Waals surface area contributed by atoms with Crippen LogP contribution in [0.3, 0.4) is 0 Å². The summed E-state index contributed by atoms with van der Waals surface area (Å²) in [6, 6.07) is 18.0. The van der Waals surface area contributed by atoms with Gasteiger partial charge in [-0.3, -0.25) is 13.9 Å². The van der Waals surface area contributed by atoms with Gasteiger partial charge in [0.15, 0.2) is 12.4 Å². The number of rotatable bonds is 7. The normalized spacial score (nSPS) is 14.0. The first kappa shape index (κ1) is 23.4. The van der Waals surface area contributed by atoms with Gasteiger partial charge in [-0.05, 0) is 48.5 Å². The third-order valence-corrected chi connectivity index (χ3v) is 7.42. The quantitative estimate of drug-likeness (QED) is 0.512. The van der Waals surface area contributed by atoms with E-state index in [1.807, 2.05) is 0 Å². The summed E-state index contributed by atoms with van der Waals surface area (Å²) in [6.07, 6.45) is 1.46. The van der Waals surface area contributed by atoms with E-state index in [1.54, 1.807) is 76.5 Å². The zero-order valence-electron chi connectivity index (χ0n) is 18.7. The molecule has 0 spiro atoms. The molecule has 178 valence electrons. The molecule has 4 rings (SSSR count). The van der Waals surface area contributed by atoms with Gasteiger partial charge in [-0.1, -0.05) is 18.2 Å². The van der Waals surface area contributed by atoms with Gasteiger partial charge in [-0.15, -0.1) is 0 Å². The van der Waals surface area contributed by atoms with Crippen molar-refractivity contribution in [3.63, 3.8) is 0 Å². The van der Waals surface area contributed by atoms with E-state index in [-0.39, 0.29) is 29.1 Å². The fourth-order valence-electron chi connectivity index (χ4n) is 3.59. The highest BCUT2D eigenvalue weighted by Gasteiger charge is 2.26. The molecular formula is C24H25N3O6S. The van der Waals surface area contributed by atoms with Gasteiger partial charge < -0.3 is 19.0 Å². The molecule has 10 heteroatoms. The number of nitrogens with zero attached hydrogens (tertiary/aromatic N) is 3. The SMILES string of the molecule is CN(c1ccc(OCC(=O)N2CCN(C(=O)c3ccco3)CC2)cc1)S(=O)(=O)c1ccccc1. The molecule has 1 aliphatic rings. The van der Waals surface area contributed by atoms with Crippen LogP contribution in [0.15, 0.2) is 82.3 Å². The predicted octanol–water partition coefficient (Wildman–Crippen LogP) is 2.47. The monoisotopic (exact) mass is 483 g/mol. The summed E-state index contributed by atoms with van der Waals surface area (Å²) in [6.45, 7) is 1.51. The molecule has 0 N–H and O–H groups in total. The smallest absolute Gasteiger partial charge is 0.289 e. The van der Waals surface area contributed by atoms with E-state index in [4.69, 9.17) is 9.15 Å². The zero-order valence-corrected chi connectivity index (χ0v) is 19.5. The number of amides is 2. The summed E-state index contributed by atoms with van der Waals surface area (Å²) >= 11 is 0. The Labute approximate surface area is 198 Å². The van der Waals surface area contributed by atoms with Crippen molar-refractivity contribution in [3.05, 3.63) is 78.8 Å². The number of carbonyl (C=O) groups excluding carboxylic acids is 2. The summed E-state index contributed by atoms with van der Waals surface area (Å²) < 4.78 is 37.5. The van der Waals surface area contributed by atoms with Gasteiger partial charge in [0.2, 0.25) is 0 Å². The number of piperazine rings is 1. The number of hydrogen-bond acceptors (Lipinski definition) is 6. The highest BCUT2D eigenvalue weighted by molar-refractivity contribution is 7.92. The molecule has 9 nitrogen and oxygen atoms in total. The minimum atomic E-state index is -3.67. The Morgan fingerprint density at radius 2 is 1.56 bits per heavy atom. The Kier molecular flexibility index (Phi) is 6.87. The van der Waals surface area contributed by atoms with Crippen molar-refractivity contribution in [2.24, 2.45) is 0 Å². The molecule has 2 heterocycles. The van der Waals surface area contributed by atoms with Crippen LogP contribution in [-0.2, 0) is 14.8 Å². The third kappa shape index (κ3) is 5.07. The minimum absolute atomic E-state index is 0.149. The lowest BCUT2D eigenvalue weighted by molar-refractivity contribution is -0.134. The Balaban J connectivity index is 1.28. The van der Waals surface area contributed by atoms with Gasteiger partial charge in [0.05, 0.1) is 16.8 Å². The Hall–Kier alpha value is -3.79. The van der Waals surface area contributed by atoms with E-state index >= 15 is 0 Å². The molecule has 2 aromatic carbocycles. The topological polar surface area (TPSA) is 100 Å². The molecule has 0 unspecified atom stereocenters. The Bertz CT molecular complexity index is 1220. The van der Waals surface area contributed by atoms with Crippen molar-refractivity contribution in [3.8, 4) is 5.75 Å². The van der Waals surface area contributed by atoms with Crippen molar-refractivity contribution < 1.29 is 27.2 Å². The lowest BCUT2D eigenvalue weighted by Crippen LogP contribution is -2.51. The van der Waals surface area contributed by atoms with Crippen molar-refractivity contribution in [2.75, 3.05) is 44.1 Å². The second kappa shape index (κ2) is 10.0. The third-order valence-electron chi connectivity index (χ3n) is 5.62. The minimum Gasteiger partial charge on any atom is -0.484 e. The number of carbonyl (C=O) groups is 2. The standard InChI is InChI=1S/C24H25N3O6S/c1-25(34(30,31)21-6-3-2-4-7-21)19-9-11-20(12-10-19)33-18-23(28)26-13-15-27(16-14-26)24(29)22-8-5-17-32-22/h2-12,17H,13-16,18H2,1H3. The average molecular weight is 484 g/mol. The van der Waals surface area contributed by atoms with E-state index in [0.717, 1.165) is 0 Å². The second-order valence-electron chi connectivity index (χ2n) is 7.72. The van der Waals surface area contributed by atoms with Gasteiger partial charge in [0.1, 0.15) is 5.75 Å². The molecule has 0 radical (unpaired) electrons. The summed E-state index contributed by atoms with van der Waals surface area (Å²) in [5, 5.41) is 0. The lowest BCUT2D eigenvalue weighted by Gasteiger charge is -2.34. The highest BCUT2D eigenvalue weighted by Crippen LogP contribution is 2.24. The fourth-order valence-corrected chi connectivity index (χ4v) is 4.81. The van der Waals surface area contributed by atoms with Gasteiger partial charge in [-0.25, -0.2) is 8.42 Å². The maximum Gasteiger partial charge on any atom is 0.289 e. The van der Waals surface area contributed by atoms with Crippen molar-refractivity contribution >= 4 is 27.5 Å². The maximum atomic E-state index is 12.8. The summed E-state index contributed by atoms with van der Waals surface area (Å²) in [7, 11) is -2.19. The molecule has 1 aromatic heterocycles. The van der Waals surface area contributed by atoms with Crippen LogP contribution in [0.25, 0.3) is 0 Å². The average Bonchev–Trinajstić information content (AvgIpc) is 3.42. The number of sulfonamides is 1. The first-order valence-electron chi connectivity index (χ1n) is 10.7. The largest absolute Gasteiger partial charge is 0.484 e. The summed E-state index contributed by atoms with van der Waals surface area (Å²) in [4.78, 5) is 28.4. The van der Waals surface area contributed by atoms with Crippen LogP contribution in [-0.4, -0.2) is 69.9 Å². The molecule has 0 saturated carbocycles. The van der Waals surface area contributed by atoms with Crippen LogP contribution < -0.4 is 9.04 Å². The van der Waals surface area contributed by atoms with Gasteiger partial charge in [-0.2, -0.15) is 0 Å². The second-order valence-corrected chi connectivity index (χ2v) is 9.69. The number of anilines is 1. The molecule has 1 aliphatic heterocycles. The van der Waals surface area contributed by atoms with Crippen molar-refractivity contribution in [1.29, 1.82) is 0 Å². The van der Waals surface area contributed by atoms with Crippen LogP contribution in [0.4, 0.5) is 5.69 Å². The highest BCUT2D eigenvalue weighted by atomic mass is 32.2. The first-order valence-corrected chi connectivity index (χ1v) is 12.2. The molecule has 0 aliphatic carbocycles. The van der Waals surface area contributed by atoms with E-state index in [9.17, 15) is 18.0 Å². The van der Waals surface area contributed by atoms with Gasteiger partial charge >= 0.3 is 0 Å². The molecule has 1 saturated heterocycles.